The molecule has 0 amide bonds. The molecular weight excluding hydrogens is 336 g/mol. The first-order valence-electron chi connectivity index (χ1n) is 7.77. The molecule has 0 spiro atoms. The zero-order valence-electron chi connectivity index (χ0n) is 14.2. The van der Waals surface area contributed by atoms with Crippen LogP contribution >= 0.6 is 0 Å². The van der Waals surface area contributed by atoms with Crippen molar-refractivity contribution in [2.75, 3.05) is 14.2 Å². The Balaban J connectivity index is 2.15. The van der Waals surface area contributed by atoms with E-state index in [4.69, 9.17) is 18.9 Å². The number of hydrogen-bond donors (Lipinski definition) is 0. The van der Waals surface area contributed by atoms with Crippen LogP contribution < -0.4 is 0 Å². The Kier molecular flexibility index (Phi) is 5.03. The second-order valence-corrected chi connectivity index (χ2v) is 5.24. The van der Waals surface area contributed by atoms with E-state index in [1.165, 1.54) is 14.2 Å². The molecular formula is C20H16O6. The second-order valence-electron chi connectivity index (χ2n) is 5.24. The van der Waals surface area contributed by atoms with Gasteiger partial charge in [-0.05, 0) is 0 Å². The van der Waals surface area contributed by atoms with E-state index < -0.39 is 11.9 Å². The number of hydrogen-bond acceptors (Lipinski definition) is 6. The summed E-state index contributed by atoms with van der Waals surface area (Å²) in [5.41, 5.74) is 1.20. The monoisotopic (exact) mass is 352 g/mol. The summed E-state index contributed by atoms with van der Waals surface area (Å²) in [6.45, 7) is 0. The molecule has 2 aromatic rings. The molecule has 0 saturated carbocycles. The van der Waals surface area contributed by atoms with Crippen LogP contribution in [0.3, 0.4) is 0 Å². The number of benzene rings is 2. The molecule has 0 unspecified atom stereocenters. The van der Waals surface area contributed by atoms with Crippen LogP contribution in [0.1, 0.15) is 11.1 Å². The standard InChI is InChI=1S/C20H16O6/c1-23-19(21)17-15(13-9-5-3-6-10-13)25-16(14-11-7-4-8-12-14)18(26-17)20(22)24-2/h3-12H,1-2H3. The van der Waals surface area contributed by atoms with Crippen LogP contribution in [-0.4, -0.2) is 26.2 Å². The van der Waals surface area contributed by atoms with Crippen LogP contribution in [0.5, 0.6) is 0 Å². The number of rotatable bonds is 4. The first kappa shape index (κ1) is 17.3. The van der Waals surface area contributed by atoms with Gasteiger partial charge in [0.2, 0.25) is 0 Å². The number of ether oxygens (including phenoxy) is 4. The number of carbonyl (C=O) groups is 2. The van der Waals surface area contributed by atoms with Gasteiger partial charge in [-0.25, -0.2) is 9.59 Å². The summed E-state index contributed by atoms with van der Waals surface area (Å²) < 4.78 is 21.1. The van der Waals surface area contributed by atoms with Crippen LogP contribution in [0.4, 0.5) is 0 Å². The third-order valence-electron chi connectivity index (χ3n) is 3.63. The van der Waals surface area contributed by atoms with E-state index >= 15 is 0 Å². The average molecular weight is 352 g/mol. The minimum atomic E-state index is -0.766. The maximum atomic E-state index is 12.2. The average Bonchev–Trinajstić information content (AvgIpc) is 2.73. The summed E-state index contributed by atoms with van der Waals surface area (Å²) >= 11 is 0. The molecule has 0 saturated heterocycles. The molecule has 0 bridgehead atoms. The third kappa shape index (κ3) is 3.30. The van der Waals surface area contributed by atoms with Crippen LogP contribution in [0.15, 0.2) is 72.2 Å². The van der Waals surface area contributed by atoms with Crippen LogP contribution in [0.2, 0.25) is 0 Å². The van der Waals surface area contributed by atoms with Gasteiger partial charge in [0, 0.05) is 11.1 Å². The Morgan fingerprint density at radius 3 is 1.38 bits per heavy atom. The molecule has 26 heavy (non-hydrogen) atoms. The van der Waals surface area contributed by atoms with E-state index in [0.29, 0.717) is 11.1 Å². The molecule has 1 aliphatic heterocycles. The zero-order valence-corrected chi connectivity index (χ0v) is 14.2. The highest BCUT2D eigenvalue weighted by molar-refractivity contribution is 6.01. The fourth-order valence-corrected chi connectivity index (χ4v) is 2.40. The van der Waals surface area contributed by atoms with Gasteiger partial charge >= 0.3 is 11.9 Å². The molecule has 0 aliphatic carbocycles. The molecule has 1 heterocycles. The topological polar surface area (TPSA) is 71.1 Å². The summed E-state index contributed by atoms with van der Waals surface area (Å²) in [6, 6.07) is 17.9. The zero-order chi connectivity index (χ0) is 18.5. The van der Waals surface area contributed by atoms with Gasteiger partial charge in [-0.15, -0.1) is 0 Å². The maximum Gasteiger partial charge on any atom is 0.378 e. The van der Waals surface area contributed by atoms with Crippen LogP contribution in [-0.2, 0) is 28.5 Å². The summed E-state index contributed by atoms with van der Waals surface area (Å²) in [5.74, 6) is -1.67. The minimum Gasteiger partial charge on any atom is -0.463 e. The normalized spacial score (nSPS) is 13.6. The van der Waals surface area contributed by atoms with E-state index in [1.54, 1.807) is 48.5 Å². The van der Waals surface area contributed by atoms with E-state index in [-0.39, 0.29) is 23.0 Å². The van der Waals surface area contributed by atoms with Gasteiger partial charge < -0.3 is 18.9 Å². The molecule has 1 aliphatic rings. The van der Waals surface area contributed by atoms with Crippen LogP contribution in [0, 0.1) is 0 Å². The summed E-state index contributed by atoms with van der Waals surface area (Å²) in [4.78, 5) is 24.4. The van der Waals surface area contributed by atoms with Crippen molar-refractivity contribution in [3.8, 4) is 0 Å². The molecule has 0 atom stereocenters. The summed E-state index contributed by atoms with van der Waals surface area (Å²) in [6.07, 6.45) is 0. The largest absolute Gasteiger partial charge is 0.463 e. The lowest BCUT2D eigenvalue weighted by atomic mass is 10.1. The fraction of sp³-hybridized carbons (Fsp3) is 0.100. The van der Waals surface area contributed by atoms with Gasteiger partial charge in [-0.1, -0.05) is 60.7 Å². The first-order chi connectivity index (χ1) is 12.7. The lowest BCUT2D eigenvalue weighted by molar-refractivity contribution is -0.143. The Morgan fingerprint density at radius 1 is 0.654 bits per heavy atom. The number of esters is 2. The maximum absolute atomic E-state index is 12.2. The Labute approximate surface area is 150 Å². The molecule has 2 aromatic carbocycles. The number of methoxy groups -OCH3 is 2. The smallest absolute Gasteiger partial charge is 0.378 e. The lowest BCUT2D eigenvalue weighted by Crippen LogP contribution is -2.21. The Bertz CT molecular complexity index is 808. The predicted octanol–water partition coefficient (Wildman–Crippen LogP) is 3.12. The molecule has 0 N–H and O–H groups in total. The third-order valence-corrected chi connectivity index (χ3v) is 3.63. The van der Waals surface area contributed by atoms with Crippen molar-refractivity contribution in [2.24, 2.45) is 0 Å². The van der Waals surface area contributed by atoms with E-state index in [2.05, 4.69) is 0 Å². The van der Waals surface area contributed by atoms with Gasteiger partial charge in [-0.3, -0.25) is 0 Å². The highest BCUT2D eigenvalue weighted by Crippen LogP contribution is 2.37. The van der Waals surface area contributed by atoms with Crippen molar-refractivity contribution in [3.63, 3.8) is 0 Å². The van der Waals surface area contributed by atoms with E-state index in [1.807, 2.05) is 12.1 Å². The van der Waals surface area contributed by atoms with Crippen molar-refractivity contribution in [2.45, 2.75) is 0 Å². The van der Waals surface area contributed by atoms with Gasteiger partial charge in [-0.2, -0.15) is 0 Å². The summed E-state index contributed by atoms with van der Waals surface area (Å²) in [7, 11) is 2.44. The quantitative estimate of drug-likeness (QED) is 0.788. The van der Waals surface area contributed by atoms with E-state index in [0.717, 1.165) is 0 Å². The Hall–Kier alpha value is -3.54. The van der Waals surface area contributed by atoms with Crippen molar-refractivity contribution >= 4 is 23.5 Å². The van der Waals surface area contributed by atoms with E-state index in [9.17, 15) is 9.59 Å². The van der Waals surface area contributed by atoms with Gasteiger partial charge in [0.1, 0.15) is 0 Å². The van der Waals surface area contributed by atoms with Crippen molar-refractivity contribution in [3.05, 3.63) is 83.3 Å². The van der Waals surface area contributed by atoms with Crippen molar-refractivity contribution in [1.29, 1.82) is 0 Å². The van der Waals surface area contributed by atoms with Gasteiger partial charge in [0.15, 0.2) is 11.5 Å². The first-order valence-corrected chi connectivity index (χ1v) is 7.77. The Morgan fingerprint density at radius 2 is 1.04 bits per heavy atom. The second kappa shape index (κ2) is 7.57. The fourth-order valence-electron chi connectivity index (χ4n) is 2.40. The van der Waals surface area contributed by atoms with Gasteiger partial charge in [0.25, 0.3) is 11.5 Å². The van der Waals surface area contributed by atoms with Gasteiger partial charge in [0.05, 0.1) is 14.2 Å². The summed E-state index contributed by atoms with van der Waals surface area (Å²) in [5, 5.41) is 0. The molecule has 6 heteroatoms. The minimum absolute atomic E-state index is 0.156. The molecule has 0 radical (unpaired) electrons. The highest BCUT2D eigenvalue weighted by Gasteiger charge is 2.35. The highest BCUT2D eigenvalue weighted by atomic mass is 16.6. The molecule has 6 nitrogen and oxygen atoms in total. The molecule has 0 fully saturated rings. The molecule has 0 aromatic heterocycles. The molecule has 132 valence electrons. The number of carbonyl (C=O) groups excluding carboxylic acids is 2. The predicted molar refractivity (Wildman–Crippen MR) is 92.9 cm³/mol. The molecule has 3 rings (SSSR count). The lowest BCUT2D eigenvalue weighted by Gasteiger charge is -2.24. The van der Waals surface area contributed by atoms with Crippen molar-refractivity contribution in [1.82, 2.24) is 0 Å². The SMILES string of the molecule is COC(=O)C1=C(c2ccccc2)OC(c2ccccc2)=C(C(=O)OC)O1. The van der Waals surface area contributed by atoms with Crippen molar-refractivity contribution < 1.29 is 28.5 Å². The van der Waals surface area contributed by atoms with Crippen LogP contribution in [0.25, 0.3) is 11.5 Å².